The number of benzene rings is 1. The summed E-state index contributed by atoms with van der Waals surface area (Å²) in [5.74, 6) is 0.234. The SMILES string of the molecule is COCCN(CCCN)C(=O)C1CCCc2ccccc21. The molecule has 1 aliphatic rings. The molecule has 0 saturated carbocycles. The van der Waals surface area contributed by atoms with Crippen molar-refractivity contribution < 1.29 is 9.53 Å². The van der Waals surface area contributed by atoms with Gasteiger partial charge >= 0.3 is 0 Å². The summed E-state index contributed by atoms with van der Waals surface area (Å²) in [6.45, 7) is 2.55. The average Bonchev–Trinajstić information content (AvgIpc) is 2.54. The maximum absolute atomic E-state index is 12.9. The quantitative estimate of drug-likeness (QED) is 0.835. The summed E-state index contributed by atoms with van der Waals surface area (Å²) in [5.41, 5.74) is 8.13. The fraction of sp³-hybridized carbons (Fsp3) is 0.588. The highest BCUT2D eigenvalue weighted by Gasteiger charge is 2.29. The molecule has 4 nitrogen and oxygen atoms in total. The number of methoxy groups -OCH3 is 1. The predicted molar refractivity (Wildman–Crippen MR) is 84.2 cm³/mol. The lowest BCUT2D eigenvalue weighted by Crippen LogP contribution is -2.39. The number of hydrogen-bond acceptors (Lipinski definition) is 3. The first-order chi connectivity index (χ1) is 10.3. The summed E-state index contributed by atoms with van der Waals surface area (Å²) < 4.78 is 5.13. The number of amides is 1. The van der Waals surface area contributed by atoms with Crippen molar-refractivity contribution in [2.24, 2.45) is 5.73 Å². The monoisotopic (exact) mass is 290 g/mol. The zero-order valence-electron chi connectivity index (χ0n) is 12.9. The number of nitrogens with zero attached hydrogens (tertiary/aromatic N) is 1. The van der Waals surface area contributed by atoms with E-state index in [1.807, 2.05) is 11.0 Å². The summed E-state index contributed by atoms with van der Waals surface area (Å²) in [7, 11) is 1.67. The normalized spacial score (nSPS) is 17.3. The summed E-state index contributed by atoms with van der Waals surface area (Å²) in [5, 5.41) is 0. The van der Waals surface area contributed by atoms with Crippen molar-refractivity contribution in [2.45, 2.75) is 31.6 Å². The van der Waals surface area contributed by atoms with Crippen LogP contribution in [0.5, 0.6) is 0 Å². The lowest BCUT2D eigenvalue weighted by Gasteiger charge is -2.31. The second-order valence-corrected chi connectivity index (χ2v) is 5.60. The lowest BCUT2D eigenvalue weighted by atomic mass is 9.82. The van der Waals surface area contributed by atoms with Gasteiger partial charge in [0.05, 0.1) is 12.5 Å². The van der Waals surface area contributed by atoms with Gasteiger partial charge in [-0.1, -0.05) is 24.3 Å². The smallest absolute Gasteiger partial charge is 0.230 e. The number of nitrogens with two attached hydrogens (primary N) is 1. The molecule has 4 heteroatoms. The second-order valence-electron chi connectivity index (χ2n) is 5.60. The molecule has 0 fully saturated rings. The Morgan fingerprint density at radius 3 is 2.95 bits per heavy atom. The highest BCUT2D eigenvalue weighted by Crippen LogP contribution is 2.32. The Hall–Kier alpha value is -1.39. The Labute approximate surface area is 127 Å². The minimum absolute atomic E-state index is 0.00424. The zero-order chi connectivity index (χ0) is 15.1. The summed E-state index contributed by atoms with van der Waals surface area (Å²) >= 11 is 0. The van der Waals surface area contributed by atoms with Gasteiger partial charge in [0, 0.05) is 20.2 Å². The van der Waals surface area contributed by atoms with E-state index in [0.717, 1.165) is 32.2 Å². The highest BCUT2D eigenvalue weighted by atomic mass is 16.5. The molecule has 0 radical (unpaired) electrons. The first kappa shape index (κ1) is 16.0. The molecule has 1 aliphatic carbocycles. The van der Waals surface area contributed by atoms with Crippen LogP contribution in [0.1, 0.15) is 36.3 Å². The van der Waals surface area contributed by atoms with Gasteiger partial charge in [0.2, 0.25) is 5.91 Å². The predicted octanol–water partition coefficient (Wildman–Crippen LogP) is 1.93. The molecule has 0 spiro atoms. The maximum Gasteiger partial charge on any atom is 0.230 e. The van der Waals surface area contributed by atoms with Gasteiger partial charge in [0.15, 0.2) is 0 Å². The van der Waals surface area contributed by atoms with E-state index in [1.165, 1.54) is 11.1 Å². The molecule has 0 aromatic heterocycles. The molecule has 1 amide bonds. The molecule has 116 valence electrons. The maximum atomic E-state index is 12.9. The van der Waals surface area contributed by atoms with Gasteiger partial charge in [-0.3, -0.25) is 4.79 Å². The Morgan fingerprint density at radius 1 is 1.38 bits per heavy atom. The van der Waals surface area contributed by atoms with Gasteiger partial charge < -0.3 is 15.4 Å². The zero-order valence-corrected chi connectivity index (χ0v) is 12.9. The fourth-order valence-corrected chi connectivity index (χ4v) is 3.05. The standard InChI is InChI=1S/C17H26N2O2/c1-21-13-12-19(11-5-10-18)17(20)16-9-4-7-14-6-2-3-8-15(14)16/h2-3,6,8,16H,4-5,7,9-13,18H2,1H3. The number of carbonyl (C=O) groups is 1. The highest BCUT2D eigenvalue weighted by molar-refractivity contribution is 5.84. The van der Waals surface area contributed by atoms with Crippen LogP contribution in [0.4, 0.5) is 0 Å². The van der Waals surface area contributed by atoms with E-state index < -0.39 is 0 Å². The van der Waals surface area contributed by atoms with Crippen LogP contribution in [0, 0.1) is 0 Å². The number of carbonyl (C=O) groups excluding carboxylic acids is 1. The number of fused-ring (bicyclic) bond motifs is 1. The van der Waals surface area contributed by atoms with Crippen molar-refractivity contribution in [3.63, 3.8) is 0 Å². The molecule has 0 bridgehead atoms. The van der Waals surface area contributed by atoms with Crippen LogP contribution in [-0.2, 0) is 16.0 Å². The van der Waals surface area contributed by atoms with Crippen molar-refractivity contribution in [1.29, 1.82) is 0 Å². The van der Waals surface area contributed by atoms with E-state index in [-0.39, 0.29) is 11.8 Å². The van der Waals surface area contributed by atoms with Crippen molar-refractivity contribution in [3.8, 4) is 0 Å². The summed E-state index contributed by atoms with van der Waals surface area (Å²) in [4.78, 5) is 14.8. The third-order valence-corrected chi connectivity index (χ3v) is 4.18. The molecule has 1 aromatic carbocycles. The third-order valence-electron chi connectivity index (χ3n) is 4.18. The number of ether oxygens (including phenoxy) is 1. The van der Waals surface area contributed by atoms with E-state index in [1.54, 1.807) is 7.11 Å². The Kier molecular flexibility index (Phi) is 6.21. The van der Waals surface area contributed by atoms with E-state index >= 15 is 0 Å². The van der Waals surface area contributed by atoms with Crippen LogP contribution in [0.2, 0.25) is 0 Å². The Balaban J connectivity index is 2.12. The third kappa shape index (κ3) is 4.05. The van der Waals surface area contributed by atoms with Crippen LogP contribution < -0.4 is 5.73 Å². The molecule has 2 rings (SSSR count). The second kappa shape index (κ2) is 8.15. The molecule has 1 unspecified atom stereocenters. The van der Waals surface area contributed by atoms with Gasteiger partial charge in [-0.25, -0.2) is 0 Å². The van der Waals surface area contributed by atoms with Crippen molar-refractivity contribution in [3.05, 3.63) is 35.4 Å². The minimum atomic E-state index is 0.00424. The van der Waals surface area contributed by atoms with Crippen molar-refractivity contribution in [1.82, 2.24) is 4.90 Å². The fourth-order valence-electron chi connectivity index (χ4n) is 3.05. The molecular formula is C17H26N2O2. The van der Waals surface area contributed by atoms with Crippen molar-refractivity contribution in [2.75, 3.05) is 33.4 Å². The minimum Gasteiger partial charge on any atom is -0.383 e. The molecule has 0 saturated heterocycles. The average molecular weight is 290 g/mol. The van der Waals surface area contributed by atoms with E-state index in [0.29, 0.717) is 19.7 Å². The van der Waals surface area contributed by atoms with E-state index in [2.05, 4.69) is 18.2 Å². The van der Waals surface area contributed by atoms with Crippen molar-refractivity contribution >= 4 is 5.91 Å². The summed E-state index contributed by atoms with van der Waals surface area (Å²) in [6.07, 6.45) is 3.95. The van der Waals surface area contributed by atoms with E-state index in [9.17, 15) is 4.79 Å². The van der Waals surface area contributed by atoms with Gasteiger partial charge in [-0.2, -0.15) is 0 Å². The lowest BCUT2D eigenvalue weighted by molar-refractivity contribution is -0.133. The van der Waals surface area contributed by atoms with Crippen LogP contribution in [0.3, 0.4) is 0 Å². The number of rotatable bonds is 7. The summed E-state index contributed by atoms with van der Waals surface area (Å²) in [6, 6.07) is 8.34. The van der Waals surface area contributed by atoms with Crippen LogP contribution >= 0.6 is 0 Å². The van der Waals surface area contributed by atoms with Gasteiger partial charge in [0.25, 0.3) is 0 Å². The topological polar surface area (TPSA) is 55.6 Å². The molecular weight excluding hydrogens is 264 g/mol. The van der Waals surface area contributed by atoms with Gasteiger partial charge in [-0.15, -0.1) is 0 Å². The Bertz CT molecular complexity index is 454. The molecule has 2 N–H and O–H groups in total. The first-order valence-electron chi connectivity index (χ1n) is 7.83. The van der Waals surface area contributed by atoms with Crippen LogP contribution in [-0.4, -0.2) is 44.2 Å². The first-order valence-corrected chi connectivity index (χ1v) is 7.83. The van der Waals surface area contributed by atoms with Crippen LogP contribution in [0.15, 0.2) is 24.3 Å². The molecule has 0 heterocycles. The van der Waals surface area contributed by atoms with Gasteiger partial charge in [-0.05, 0) is 43.4 Å². The number of hydrogen-bond donors (Lipinski definition) is 1. The van der Waals surface area contributed by atoms with Crippen LogP contribution in [0.25, 0.3) is 0 Å². The van der Waals surface area contributed by atoms with Gasteiger partial charge in [0.1, 0.15) is 0 Å². The molecule has 1 atom stereocenters. The molecule has 0 aliphatic heterocycles. The number of aryl methyl sites for hydroxylation is 1. The molecule has 1 aromatic rings. The largest absolute Gasteiger partial charge is 0.383 e. The molecule has 21 heavy (non-hydrogen) atoms. The van der Waals surface area contributed by atoms with E-state index in [4.69, 9.17) is 10.5 Å². The Morgan fingerprint density at radius 2 is 2.19 bits per heavy atom.